The van der Waals surface area contributed by atoms with E-state index in [0.29, 0.717) is 31.1 Å². The van der Waals surface area contributed by atoms with Gasteiger partial charge >= 0.3 is 0 Å². The molecule has 0 bridgehead atoms. The standard InChI is InChI=1S/C21H23N3O3/c1-15-22-21(27-23-15)17-8-5-13-24(14-17)20(25)12-10-18-9-11-19(26-18)16-6-3-2-4-7-16/h2-4,6-7,9,11,17H,5,8,10,12-14H2,1H3. The lowest BCUT2D eigenvalue weighted by molar-refractivity contribution is -0.132. The monoisotopic (exact) mass is 365 g/mol. The van der Waals surface area contributed by atoms with Gasteiger partial charge in [0, 0.05) is 31.5 Å². The number of rotatable bonds is 5. The summed E-state index contributed by atoms with van der Waals surface area (Å²) in [5.74, 6) is 3.24. The topological polar surface area (TPSA) is 72.4 Å². The molecule has 2 aromatic heterocycles. The Balaban J connectivity index is 1.33. The highest BCUT2D eigenvalue weighted by atomic mass is 16.5. The van der Waals surface area contributed by atoms with Gasteiger partial charge < -0.3 is 13.8 Å². The number of nitrogens with zero attached hydrogens (tertiary/aromatic N) is 3. The van der Waals surface area contributed by atoms with E-state index in [0.717, 1.165) is 36.5 Å². The number of carbonyl (C=O) groups excluding carboxylic acids is 1. The average molecular weight is 365 g/mol. The Morgan fingerprint density at radius 1 is 1.22 bits per heavy atom. The SMILES string of the molecule is Cc1noc(C2CCCN(C(=O)CCc3ccc(-c4ccccc4)o3)C2)n1. The van der Waals surface area contributed by atoms with Gasteiger partial charge in [0.2, 0.25) is 11.8 Å². The maximum absolute atomic E-state index is 12.6. The van der Waals surface area contributed by atoms with Crippen LogP contribution in [0.3, 0.4) is 0 Å². The van der Waals surface area contributed by atoms with Gasteiger partial charge in [-0.2, -0.15) is 4.98 Å². The van der Waals surface area contributed by atoms with Crippen molar-refractivity contribution < 1.29 is 13.7 Å². The molecule has 0 aliphatic carbocycles. The van der Waals surface area contributed by atoms with E-state index in [2.05, 4.69) is 10.1 Å². The first kappa shape index (κ1) is 17.5. The molecule has 6 nitrogen and oxygen atoms in total. The number of hydrogen-bond donors (Lipinski definition) is 0. The highest BCUT2D eigenvalue weighted by molar-refractivity contribution is 5.76. The molecule has 6 heteroatoms. The summed E-state index contributed by atoms with van der Waals surface area (Å²) in [4.78, 5) is 18.9. The molecule has 1 amide bonds. The van der Waals surface area contributed by atoms with E-state index in [4.69, 9.17) is 8.94 Å². The molecule has 1 aromatic carbocycles. The molecule has 0 N–H and O–H groups in total. The molecular formula is C21H23N3O3. The first-order valence-corrected chi connectivity index (χ1v) is 9.41. The van der Waals surface area contributed by atoms with Crippen LogP contribution in [-0.2, 0) is 11.2 Å². The van der Waals surface area contributed by atoms with Gasteiger partial charge in [-0.15, -0.1) is 0 Å². The van der Waals surface area contributed by atoms with Crippen LogP contribution in [0.1, 0.15) is 42.7 Å². The van der Waals surface area contributed by atoms with Gasteiger partial charge in [-0.1, -0.05) is 35.5 Å². The predicted molar refractivity (Wildman–Crippen MR) is 100 cm³/mol. The van der Waals surface area contributed by atoms with Crippen molar-refractivity contribution in [2.45, 2.75) is 38.5 Å². The molecule has 0 radical (unpaired) electrons. The molecule has 3 heterocycles. The molecule has 0 spiro atoms. The molecule has 1 fully saturated rings. The zero-order chi connectivity index (χ0) is 18.6. The summed E-state index contributed by atoms with van der Waals surface area (Å²) in [7, 11) is 0. The van der Waals surface area contributed by atoms with Crippen molar-refractivity contribution in [2.75, 3.05) is 13.1 Å². The molecule has 1 unspecified atom stereocenters. The van der Waals surface area contributed by atoms with Crippen molar-refractivity contribution in [1.29, 1.82) is 0 Å². The van der Waals surface area contributed by atoms with Crippen molar-refractivity contribution in [3.63, 3.8) is 0 Å². The summed E-state index contributed by atoms with van der Waals surface area (Å²) in [6.45, 7) is 3.25. The number of carbonyl (C=O) groups is 1. The fraction of sp³-hybridized carbons (Fsp3) is 0.381. The van der Waals surface area contributed by atoms with Gasteiger partial charge in [-0.05, 0) is 31.9 Å². The van der Waals surface area contributed by atoms with Crippen molar-refractivity contribution in [3.8, 4) is 11.3 Å². The molecule has 140 valence electrons. The summed E-state index contributed by atoms with van der Waals surface area (Å²) in [6, 6.07) is 13.9. The van der Waals surface area contributed by atoms with E-state index in [1.54, 1.807) is 0 Å². The Hall–Kier alpha value is -2.89. The van der Waals surface area contributed by atoms with Crippen LogP contribution in [0.25, 0.3) is 11.3 Å². The molecule has 1 saturated heterocycles. The van der Waals surface area contributed by atoms with E-state index in [1.807, 2.05) is 54.3 Å². The summed E-state index contributed by atoms with van der Waals surface area (Å²) in [5, 5.41) is 3.86. The Morgan fingerprint density at radius 3 is 2.85 bits per heavy atom. The first-order valence-electron chi connectivity index (χ1n) is 9.41. The van der Waals surface area contributed by atoms with Crippen LogP contribution in [0.15, 0.2) is 51.4 Å². The molecule has 1 atom stereocenters. The van der Waals surface area contributed by atoms with E-state index in [1.165, 1.54) is 0 Å². The van der Waals surface area contributed by atoms with Crippen molar-refractivity contribution >= 4 is 5.91 Å². The maximum atomic E-state index is 12.6. The number of hydrogen-bond acceptors (Lipinski definition) is 5. The van der Waals surface area contributed by atoms with Gasteiger partial charge in [0.1, 0.15) is 11.5 Å². The van der Waals surface area contributed by atoms with Crippen LogP contribution < -0.4 is 0 Å². The summed E-state index contributed by atoms with van der Waals surface area (Å²) in [5.41, 5.74) is 1.05. The second kappa shape index (κ2) is 7.78. The van der Waals surface area contributed by atoms with Crippen LogP contribution in [0.5, 0.6) is 0 Å². The molecule has 3 aromatic rings. The van der Waals surface area contributed by atoms with Crippen molar-refractivity contribution in [1.82, 2.24) is 15.0 Å². The second-order valence-electron chi connectivity index (χ2n) is 6.99. The van der Waals surface area contributed by atoms with Crippen molar-refractivity contribution in [2.24, 2.45) is 0 Å². The molecule has 0 saturated carbocycles. The molecule has 27 heavy (non-hydrogen) atoms. The third-order valence-electron chi connectivity index (χ3n) is 4.97. The molecule has 4 rings (SSSR count). The quantitative estimate of drug-likeness (QED) is 0.684. The minimum atomic E-state index is 0.136. The highest BCUT2D eigenvalue weighted by Gasteiger charge is 2.28. The van der Waals surface area contributed by atoms with Gasteiger partial charge in [-0.3, -0.25) is 4.79 Å². The number of piperidine rings is 1. The Kier molecular flexibility index (Phi) is 5.05. The number of furan rings is 1. The normalized spacial score (nSPS) is 17.2. The van der Waals surface area contributed by atoms with Gasteiger partial charge in [-0.25, -0.2) is 0 Å². The minimum Gasteiger partial charge on any atom is -0.461 e. The van der Waals surface area contributed by atoms with Gasteiger partial charge in [0.05, 0.1) is 5.92 Å². The van der Waals surface area contributed by atoms with Crippen LogP contribution in [0.2, 0.25) is 0 Å². The van der Waals surface area contributed by atoms with Gasteiger partial charge in [0.15, 0.2) is 5.82 Å². The Bertz CT molecular complexity index is 900. The van der Waals surface area contributed by atoms with Crippen LogP contribution in [0.4, 0.5) is 0 Å². The summed E-state index contributed by atoms with van der Waals surface area (Å²) >= 11 is 0. The largest absolute Gasteiger partial charge is 0.461 e. The number of aromatic nitrogens is 2. The lowest BCUT2D eigenvalue weighted by Gasteiger charge is -2.31. The van der Waals surface area contributed by atoms with E-state index in [-0.39, 0.29) is 11.8 Å². The fourth-order valence-corrected chi connectivity index (χ4v) is 3.54. The maximum Gasteiger partial charge on any atom is 0.231 e. The average Bonchev–Trinajstić information content (AvgIpc) is 3.36. The number of likely N-dealkylation sites (tertiary alicyclic amines) is 1. The van der Waals surface area contributed by atoms with Crippen LogP contribution in [0, 0.1) is 6.92 Å². The molecule has 1 aliphatic heterocycles. The second-order valence-corrected chi connectivity index (χ2v) is 6.99. The fourth-order valence-electron chi connectivity index (χ4n) is 3.54. The summed E-state index contributed by atoms with van der Waals surface area (Å²) in [6.07, 6.45) is 2.98. The van der Waals surface area contributed by atoms with E-state index in [9.17, 15) is 4.79 Å². The molecule has 1 aliphatic rings. The minimum absolute atomic E-state index is 0.136. The smallest absolute Gasteiger partial charge is 0.231 e. The zero-order valence-corrected chi connectivity index (χ0v) is 15.4. The third-order valence-corrected chi connectivity index (χ3v) is 4.97. The zero-order valence-electron chi connectivity index (χ0n) is 15.4. The first-order chi connectivity index (χ1) is 13.2. The molecular weight excluding hydrogens is 342 g/mol. The van der Waals surface area contributed by atoms with E-state index < -0.39 is 0 Å². The number of benzene rings is 1. The Morgan fingerprint density at radius 2 is 2.07 bits per heavy atom. The predicted octanol–water partition coefficient (Wildman–Crippen LogP) is 3.98. The lowest BCUT2D eigenvalue weighted by atomic mass is 9.97. The van der Waals surface area contributed by atoms with Crippen LogP contribution in [-0.4, -0.2) is 34.0 Å². The van der Waals surface area contributed by atoms with E-state index >= 15 is 0 Å². The number of aryl methyl sites for hydroxylation is 2. The third kappa shape index (κ3) is 4.10. The summed E-state index contributed by atoms with van der Waals surface area (Å²) < 4.78 is 11.2. The number of amides is 1. The van der Waals surface area contributed by atoms with Crippen molar-refractivity contribution in [3.05, 3.63) is 59.9 Å². The highest BCUT2D eigenvalue weighted by Crippen LogP contribution is 2.27. The van der Waals surface area contributed by atoms with Crippen LogP contribution >= 0.6 is 0 Å². The Labute approximate surface area is 158 Å². The van der Waals surface area contributed by atoms with Gasteiger partial charge in [0.25, 0.3) is 0 Å². The lowest BCUT2D eigenvalue weighted by Crippen LogP contribution is -2.39.